The minimum atomic E-state index is 0.0519. The van der Waals surface area contributed by atoms with Gasteiger partial charge in [0.2, 0.25) is 0 Å². The van der Waals surface area contributed by atoms with Gasteiger partial charge in [0.1, 0.15) is 0 Å². The van der Waals surface area contributed by atoms with Crippen LogP contribution in [0.4, 0.5) is 0 Å². The first kappa shape index (κ1) is 18.9. The molecule has 0 saturated carbocycles. The molecule has 27 heavy (non-hydrogen) atoms. The van der Waals surface area contributed by atoms with Gasteiger partial charge in [-0.3, -0.25) is 9.36 Å². The van der Waals surface area contributed by atoms with Gasteiger partial charge in [-0.05, 0) is 23.3 Å². The van der Waals surface area contributed by atoms with E-state index in [0.29, 0.717) is 22.3 Å². The second-order valence-corrected chi connectivity index (χ2v) is 9.06. The normalized spacial score (nSPS) is 13.0. The molecular weight excluding hydrogens is 419 g/mol. The van der Waals surface area contributed by atoms with Gasteiger partial charge in [0.25, 0.3) is 5.56 Å². The fourth-order valence-electron chi connectivity index (χ4n) is 2.92. The Hall–Kier alpha value is -1.40. The summed E-state index contributed by atoms with van der Waals surface area (Å²) in [6, 6.07) is 15.5. The lowest BCUT2D eigenvalue weighted by atomic mass is 10.2. The van der Waals surface area contributed by atoms with E-state index in [1.165, 1.54) is 11.8 Å². The molecule has 0 fully saturated rings. The summed E-state index contributed by atoms with van der Waals surface area (Å²) in [6.07, 6.45) is 0.844. The van der Waals surface area contributed by atoms with E-state index in [-0.39, 0.29) is 5.56 Å². The van der Waals surface area contributed by atoms with Crippen molar-refractivity contribution in [1.29, 1.82) is 0 Å². The summed E-state index contributed by atoms with van der Waals surface area (Å²) in [4.78, 5) is 18.7. The van der Waals surface area contributed by atoms with E-state index in [9.17, 15) is 4.79 Å². The highest BCUT2D eigenvalue weighted by Gasteiger charge is 2.22. The molecule has 1 aliphatic rings. The Morgan fingerprint density at radius 1 is 1.15 bits per heavy atom. The smallest absolute Gasteiger partial charge is 0.268 e. The number of hydrogen-bond donors (Lipinski definition) is 0. The number of thioether (sulfide) groups is 2. The summed E-state index contributed by atoms with van der Waals surface area (Å²) < 4.78 is 1.78. The van der Waals surface area contributed by atoms with Crippen LogP contribution in [0.3, 0.4) is 0 Å². The Balaban J connectivity index is 1.68. The van der Waals surface area contributed by atoms with Crippen molar-refractivity contribution < 1.29 is 0 Å². The van der Waals surface area contributed by atoms with E-state index >= 15 is 0 Å². The molecule has 2 heterocycles. The van der Waals surface area contributed by atoms with Gasteiger partial charge in [0.05, 0.1) is 17.1 Å². The van der Waals surface area contributed by atoms with Crippen molar-refractivity contribution in [2.75, 3.05) is 5.75 Å². The molecule has 0 spiro atoms. The summed E-state index contributed by atoms with van der Waals surface area (Å²) >= 11 is 15.4. The average molecular weight is 435 g/mol. The number of aromatic nitrogens is 2. The fourth-order valence-corrected chi connectivity index (χ4v) is 5.54. The molecule has 3 nitrogen and oxygen atoms in total. The number of hydrogen-bond acceptors (Lipinski definition) is 4. The fraction of sp³-hybridized carbons (Fsp3) is 0.200. The van der Waals surface area contributed by atoms with Crippen LogP contribution in [0, 0.1) is 0 Å². The maximum atomic E-state index is 13.1. The van der Waals surface area contributed by atoms with Crippen molar-refractivity contribution in [2.24, 2.45) is 0 Å². The Kier molecular flexibility index (Phi) is 5.83. The summed E-state index contributed by atoms with van der Waals surface area (Å²) in [5.74, 6) is 1.54. The molecule has 0 bridgehead atoms. The van der Waals surface area contributed by atoms with Gasteiger partial charge in [-0.25, -0.2) is 4.98 Å². The quantitative estimate of drug-likeness (QED) is 0.390. The first-order chi connectivity index (χ1) is 13.1. The van der Waals surface area contributed by atoms with Gasteiger partial charge >= 0.3 is 0 Å². The highest BCUT2D eigenvalue weighted by atomic mass is 35.5. The topological polar surface area (TPSA) is 34.9 Å². The largest absolute Gasteiger partial charge is 0.282 e. The van der Waals surface area contributed by atoms with Gasteiger partial charge in [-0.2, -0.15) is 0 Å². The molecule has 0 aliphatic carbocycles. The van der Waals surface area contributed by atoms with Gasteiger partial charge < -0.3 is 0 Å². The molecule has 0 N–H and O–H groups in total. The second kappa shape index (κ2) is 8.31. The lowest BCUT2D eigenvalue weighted by Gasteiger charge is -2.14. The number of benzene rings is 2. The number of nitrogens with zero attached hydrogens (tertiary/aromatic N) is 2. The third-order valence-electron chi connectivity index (χ3n) is 4.30. The van der Waals surface area contributed by atoms with Crippen LogP contribution in [0.25, 0.3) is 0 Å². The van der Waals surface area contributed by atoms with Crippen molar-refractivity contribution in [2.45, 2.75) is 28.8 Å². The predicted molar refractivity (Wildman–Crippen MR) is 114 cm³/mol. The third-order valence-corrected chi connectivity index (χ3v) is 7.02. The van der Waals surface area contributed by atoms with Gasteiger partial charge in [-0.1, -0.05) is 71.4 Å². The average Bonchev–Trinajstić information content (AvgIpc) is 3.13. The SMILES string of the molecule is O=c1c2c(nc(SCc3ccc(Cl)cc3Cl)n1Cc1ccccc1)CCS2. The Morgan fingerprint density at radius 2 is 1.96 bits per heavy atom. The van der Waals surface area contributed by atoms with E-state index in [4.69, 9.17) is 28.2 Å². The van der Waals surface area contributed by atoms with Crippen LogP contribution in [-0.2, 0) is 18.7 Å². The zero-order valence-electron chi connectivity index (χ0n) is 14.3. The monoisotopic (exact) mass is 434 g/mol. The minimum absolute atomic E-state index is 0.0519. The molecule has 0 radical (unpaired) electrons. The summed E-state index contributed by atoms with van der Waals surface area (Å²) in [5, 5.41) is 1.97. The molecule has 4 rings (SSSR count). The van der Waals surface area contributed by atoms with Crippen LogP contribution in [-0.4, -0.2) is 15.3 Å². The summed E-state index contributed by atoms with van der Waals surface area (Å²) in [6.45, 7) is 0.511. The summed E-state index contributed by atoms with van der Waals surface area (Å²) in [5.41, 5.74) is 3.02. The molecule has 1 aliphatic heterocycles. The second-order valence-electron chi connectivity index (χ2n) is 6.17. The molecule has 0 amide bonds. The molecule has 0 saturated heterocycles. The molecule has 0 atom stereocenters. The zero-order valence-corrected chi connectivity index (χ0v) is 17.5. The van der Waals surface area contributed by atoms with Crippen LogP contribution in [0.1, 0.15) is 16.8 Å². The molecule has 1 aromatic heterocycles. The predicted octanol–water partition coefficient (Wildman–Crippen LogP) is 5.54. The van der Waals surface area contributed by atoms with E-state index < -0.39 is 0 Å². The Morgan fingerprint density at radius 3 is 2.74 bits per heavy atom. The van der Waals surface area contributed by atoms with Crippen molar-refractivity contribution in [1.82, 2.24) is 9.55 Å². The van der Waals surface area contributed by atoms with E-state index in [0.717, 1.165) is 39.0 Å². The number of halogens is 2. The molecule has 138 valence electrons. The maximum absolute atomic E-state index is 13.1. The van der Waals surface area contributed by atoms with Crippen molar-refractivity contribution >= 4 is 46.7 Å². The zero-order chi connectivity index (χ0) is 18.8. The Labute approximate surface area is 176 Å². The molecular formula is C20H16Cl2N2OS2. The van der Waals surface area contributed by atoms with Crippen molar-refractivity contribution in [3.63, 3.8) is 0 Å². The summed E-state index contributed by atoms with van der Waals surface area (Å²) in [7, 11) is 0. The highest BCUT2D eigenvalue weighted by Crippen LogP contribution is 2.31. The number of fused-ring (bicyclic) bond motifs is 1. The van der Waals surface area contributed by atoms with E-state index in [1.807, 2.05) is 42.5 Å². The molecule has 3 aromatic rings. The Bertz CT molecular complexity index is 1040. The lowest BCUT2D eigenvalue weighted by Crippen LogP contribution is -2.25. The van der Waals surface area contributed by atoms with Crippen LogP contribution < -0.4 is 5.56 Å². The first-order valence-electron chi connectivity index (χ1n) is 8.49. The maximum Gasteiger partial charge on any atom is 0.268 e. The van der Waals surface area contributed by atoms with Crippen LogP contribution in [0.5, 0.6) is 0 Å². The van der Waals surface area contributed by atoms with Gasteiger partial charge in [0.15, 0.2) is 5.16 Å². The van der Waals surface area contributed by atoms with Crippen molar-refractivity contribution in [3.05, 3.63) is 85.8 Å². The minimum Gasteiger partial charge on any atom is -0.282 e. The molecule has 0 unspecified atom stereocenters. The van der Waals surface area contributed by atoms with Crippen molar-refractivity contribution in [3.8, 4) is 0 Å². The highest BCUT2D eigenvalue weighted by molar-refractivity contribution is 7.99. The standard InChI is InChI=1S/C20H16Cl2N2OS2/c21-15-7-6-14(16(22)10-15)12-27-20-23-17-8-9-26-18(17)19(25)24(20)11-13-4-2-1-3-5-13/h1-7,10H,8-9,11-12H2. The molecule has 7 heteroatoms. The lowest BCUT2D eigenvalue weighted by molar-refractivity contribution is 0.616. The third kappa shape index (κ3) is 4.21. The number of rotatable bonds is 5. The first-order valence-corrected chi connectivity index (χ1v) is 11.2. The number of aryl methyl sites for hydroxylation is 1. The van der Waals surface area contributed by atoms with Crippen LogP contribution in [0.15, 0.2) is 63.4 Å². The van der Waals surface area contributed by atoms with Gasteiger partial charge in [0, 0.05) is 28.0 Å². The van der Waals surface area contributed by atoms with Crippen LogP contribution in [0.2, 0.25) is 10.0 Å². The van der Waals surface area contributed by atoms with E-state index in [2.05, 4.69) is 0 Å². The van der Waals surface area contributed by atoms with E-state index in [1.54, 1.807) is 22.4 Å². The van der Waals surface area contributed by atoms with Gasteiger partial charge in [-0.15, -0.1) is 11.8 Å². The van der Waals surface area contributed by atoms with Crippen LogP contribution >= 0.6 is 46.7 Å². The molecule has 2 aromatic carbocycles.